The van der Waals surface area contributed by atoms with Gasteiger partial charge in [-0.1, -0.05) is 6.92 Å². The second-order valence-corrected chi connectivity index (χ2v) is 5.61. The molecule has 0 bridgehead atoms. The molecule has 0 unspecified atom stereocenters. The Morgan fingerprint density at radius 1 is 1.36 bits per heavy atom. The summed E-state index contributed by atoms with van der Waals surface area (Å²) in [4.78, 5) is 22.9. The Labute approximate surface area is 129 Å². The molecule has 7 heteroatoms. The van der Waals surface area contributed by atoms with Crippen LogP contribution in [0.3, 0.4) is 0 Å². The van der Waals surface area contributed by atoms with Crippen molar-refractivity contribution in [2.45, 2.75) is 26.3 Å². The number of anilines is 1. The molecule has 0 aromatic carbocycles. The van der Waals surface area contributed by atoms with Gasteiger partial charge in [0.1, 0.15) is 5.69 Å². The van der Waals surface area contributed by atoms with Crippen LogP contribution < -0.4 is 10.2 Å². The van der Waals surface area contributed by atoms with E-state index >= 15 is 0 Å². The lowest BCUT2D eigenvalue weighted by Crippen LogP contribution is -2.60. The number of nitrogens with zero attached hydrogens (tertiary/aromatic N) is 5. The van der Waals surface area contributed by atoms with E-state index in [1.54, 1.807) is 17.8 Å². The van der Waals surface area contributed by atoms with Crippen molar-refractivity contribution in [1.82, 2.24) is 25.1 Å². The normalized spacial score (nSPS) is 14.8. The van der Waals surface area contributed by atoms with Crippen molar-refractivity contribution in [1.29, 1.82) is 0 Å². The number of hydrogen-bond donors (Lipinski definition) is 1. The summed E-state index contributed by atoms with van der Waals surface area (Å²) in [5, 5.41) is 7.20. The van der Waals surface area contributed by atoms with E-state index in [1.165, 1.54) is 0 Å². The molecular formula is C15H20N6O. The fraction of sp³-hybridized carbons (Fsp3) is 0.467. The lowest BCUT2D eigenvalue weighted by atomic mass is 10.1. The highest BCUT2D eigenvalue weighted by Crippen LogP contribution is 2.16. The highest BCUT2D eigenvalue weighted by Gasteiger charge is 2.30. The summed E-state index contributed by atoms with van der Waals surface area (Å²) in [5.74, 6) is 0.633. The molecular weight excluding hydrogens is 280 g/mol. The van der Waals surface area contributed by atoms with Crippen molar-refractivity contribution in [3.8, 4) is 0 Å². The maximum Gasteiger partial charge on any atom is 0.269 e. The summed E-state index contributed by atoms with van der Waals surface area (Å²) in [6, 6.07) is 1.91. The largest absolute Gasteiger partial charge is 0.344 e. The Morgan fingerprint density at radius 3 is 2.59 bits per heavy atom. The van der Waals surface area contributed by atoms with Gasteiger partial charge in [-0.25, -0.2) is 9.97 Å². The predicted octanol–water partition coefficient (Wildman–Crippen LogP) is 0.700. The fourth-order valence-electron chi connectivity index (χ4n) is 2.51. The molecule has 1 fully saturated rings. The predicted molar refractivity (Wildman–Crippen MR) is 82.8 cm³/mol. The van der Waals surface area contributed by atoms with Gasteiger partial charge in [0.15, 0.2) is 0 Å². The molecule has 116 valence electrons. The summed E-state index contributed by atoms with van der Waals surface area (Å²) in [6.07, 6.45) is 4.64. The van der Waals surface area contributed by atoms with Crippen LogP contribution in [0.25, 0.3) is 0 Å². The van der Waals surface area contributed by atoms with Crippen LogP contribution in [-0.4, -0.2) is 44.8 Å². The van der Waals surface area contributed by atoms with Crippen LogP contribution >= 0.6 is 0 Å². The van der Waals surface area contributed by atoms with E-state index in [-0.39, 0.29) is 11.9 Å². The number of amides is 1. The highest BCUT2D eigenvalue weighted by molar-refractivity contribution is 5.93. The lowest BCUT2D eigenvalue weighted by Gasteiger charge is -2.39. The number of rotatable bonds is 4. The number of aryl methyl sites for hydroxylation is 3. The van der Waals surface area contributed by atoms with Gasteiger partial charge < -0.3 is 10.2 Å². The monoisotopic (exact) mass is 300 g/mol. The van der Waals surface area contributed by atoms with Gasteiger partial charge in [-0.3, -0.25) is 9.48 Å². The van der Waals surface area contributed by atoms with Gasteiger partial charge in [-0.2, -0.15) is 5.10 Å². The van der Waals surface area contributed by atoms with Gasteiger partial charge in [-0.05, 0) is 25.0 Å². The van der Waals surface area contributed by atoms with Crippen molar-refractivity contribution in [2.24, 2.45) is 7.05 Å². The zero-order chi connectivity index (χ0) is 15.7. The minimum atomic E-state index is -0.0880. The summed E-state index contributed by atoms with van der Waals surface area (Å²) < 4.78 is 1.60. The van der Waals surface area contributed by atoms with Crippen LogP contribution in [0.15, 0.2) is 18.5 Å². The highest BCUT2D eigenvalue weighted by atomic mass is 16.2. The van der Waals surface area contributed by atoms with E-state index < -0.39 is 0 Å². The molecule has 0 radical (unpaired) electrons. The molecule has 7 nitrogen and oxygen atoms in total. The Balaban J connectivity index is 1.55. The molecule has 22 heavy (non-hydrogen) atoms. The summed E-state index contributed by atoms with van der Waals surface area (Å²) >= 11 is 0. The van der Waals surface area contributed by atoms with Crippen LogP contribution in [0, 0.1) is 6.92 Å². The van der Waals surface area contributed by atoms with Gasteiger partial charge >= 0.3 is 0 Å². The van der Waals surface area contributed by atoms with Crippen molar-refractivity contribution < 1.29 is 4.79 Å². The van der Waals surface area contributed by atoms with Crippen LogP contribution in [0.5, 0.6) is 0 Å². The van der Waals surface area contributed by atoms with Crippen molar-refractivity contribution in [3.05, 3.63) is 35.4 Å². The molecule has 2 aromatic heterocycles. The maximum atomic E-state index is 12.2. The quantitative estimate of drug-likeness (QED) is 0.899. The molecule has 0 saturated carbocycles. The molecule has 1 N–H and O–H groups in total. The zero-order valence-corrected chi connectivity index (χ0v) is 13.1. The van der Waals surface area contributed by atoms with E-state index in [0.29, 0.717) is 5.69 Å². The first-order chi connectivity index (χ1) is 10.6. The first-order valence-electron chi connectivity index (χ1n) is 7.44. The van der Waals surface area contributed by atoms with Crippen molar-refractivity contribution >= 4 is 11.9 Å². The molecule has 1 aliphatic rings. The lowest BCUT2D eigenvalue weighted by molar-refractivity contribution is 0.0920. The average Bonchev–Trinajstić information content (AvgIpc) is 2.81. The zero-order valence-electron chi connectivity index (χ0n) is 13.1. The fourth-order valence-corrected chi connectivity index (χ4v) is 2.51. The van der Waals surface area contributed by atoms with Crippen molar-refractivity contribution in [3.63, 3.8) is 0 Å². The third-order valence-electron chi connectivity index (χ3n) is 3.83. The number of carbonyl (C=O) groups is 1. The second kappa shape index (κ2) is 5.75. The average molecular weight is 300 g/mol. The van der Waals surface area contributed by atoms with Crippen LogP contribution in [0.1, 0.15) is 28.7 Å². The number of carbonyl (C=O) groups excluding carboxylic acids is 1. The Kier molecular flexibility index (Phi) is 3.79. The molecule has 0 spiro atoms. The van der Waals surface area contributed by atoms with E-state index in [2.05, 4.69) is 32.2 Å². The van der Waals surface area contributed by atoms with E-state index in [0.717, 1.165) is 36.7 Å². The smallest absolute Gasteiger partial charge is 0.269 e. The van der Waals surface area contributed by atoms with Crippen molar-refractivity contribution in [2.75, 3.05) is 18.0 Å². The van der Waals surface area contributed by atoms with Gasteiger partial charge in [0.05, 0.1) is 11.7 Å². The summed E-state index contributed by atoms with van der Waals surface area (Å²) in [7, 11) is 1.78. The molecule has 0 atom stereocenters. The molecule has 1 aliphatic heterocycles. The Hall–Kier alpha value is -2.44. The molecule has 1 amide bonds. The maximum absolute atomic E-state index is 12.2. The van der Waals surface area contributed by atoms with Gasteiger partial charge in [0.2, 0.25) is 5.95 Å². The SMILES string of the molecule is CCc1cnc(N2CC(NC(=O)c3cc(C)nn3C)C2)nc1. The first-order valence-corrected chi connectivity index (χ1v) is 7.44. The molecule has 3 rings (SSSR count). The second-order valence-electron chi connectivity index (χ2n) is 5.61. The van der Waals surface area contributed by atoms with Crippen LogP contribution in [-0.2, 0) is 13.5 Å². The molecule has 1 saturated heterocycles. The van der Waals surface area contributed by atoms with E-state index in [1.807, 2.05) is 19.3 Å². The summed E-state index contributed by atoms with van der Waals surface area (Å²) in [5.41, 5.74) is 2.55. The van der Waals surface area contributed by atoms with Gasteiger partial charge in [-0.15, -0.1) is 0 Å². The van der Waals surface area contributed by atoms with Gasteiger partial charge in [0, 0.05) is 32.5 Å². The number of aromatic nitrogens is 4. The third-order valence-corrected chi connectivity index (χ3v) is 3.83. The minimum absolute atomic E-state index is 0.0880. The van der Waals surface area contributed by atoms with E-state index in [9.17, 15) is 4.79 Å². The number of nitrogens with one attached hydrogen (secondary N) is 1. The number of hydrogen-bond acceptors (Lipinski definition) is 5. The Morgan fingerprint density at radius 2 is 2.05 bits per heavy atom. The minimum Gasteiger partial charge on any atom is -0.344 e. The molecule has 2 aromatic rings. The topological polar surface area (TPSA) is 75.9 Å². The first kappa shape index (κ1) is 14.5. The van der Waals surface area contributed by atoms with Gasteiger partial charge in [0.25, 0.3) is 5.91 Å². The third kappa shape index (κ3) is 2.79. The standard InChI is InChI=1S/C15H20N6O/c1-4-11-6-16-15(17-7-11)21-8-12(9-21)18-14(22)13-5-10(2)19-20(13)3/h5-7,12H,4,8-9H2,1-3H3,(H,18,22). The van der Waals surface area contributed by atoms with E-state index in [4.69, 9.17) is 0 Å². The van der Waals surface area contributed by atoms with Crippen LogP contribution in [0.2, 0.25) is 0 Å². The summed E-state index contributed by atoms with van der Waals surface area (Å²) in [6.45, 7) is 5.41. The Bertz CT molecular complexity index is 672. The molecule has 0 aliphatic carbocycles. The van der Waals surface area contributed by atoms with Crippen LogP contribution in [0.4, 0.5) is 5.95 Å². The molecule has 3 heterocycles.